The molecule has 0 amide bonds. The monoisotopic (exact) mass is 518 g/mol. The van der Waals surface area contributed by atoms with Gasteiger partial charge in [-0.15, -0.1) is 12.8 Å². The lowest BCUT2D eigenvalue weighted by Gasteiger charge is -2.35. The van der Waals surface area contributed by atoms with Crippen molar-refractivity contribution in [2.75, 3.05) is 13.1 Å². The molecule has 2 N–H and O–H groups in total. The Balaban J connectivity index is 0.00000172. The molecule has 0 aliphatic carbocycles. The second-order valence-corrected chi connectivity index (χ2v) is 10.1. The van der Waals surface area contributed by atoms with Crippen LogP contribution in [-0.2, 0) is 6.54 Å². The van der Waals surface area contributed by atoms with E-state index in [9.17, 15) is 0 Å². The van der Waals surface area contributed by atoms with Gasteiger partial charge in [-0.05, 0) is 57.0 Å². The van der Waals surface area contributed by atoms with E-state index in [0.29, 0.717) is 12.1 Å². The predicted molar refractivity (Wildman–Crippen MR) is 163 cm³/mol. The maximum atomic E-state index is 4.78. The van der Waals surface area contributed by atoms with Crippen molar-refractivity contribution in [1.29, 1.82) is 0 Å². The zero-order valence-corrected chi connectivity index (χ0v) is 23.4. The summed E-state index contributed by atoms with van der Waals surface area (Å²) >= 11 is 0. The molecule has 0 bridgehead atoms. The molecule has 1 saturated heterocycles. The molecule has 1 aromatic carbocycles. The number of rotatable bonds is 7. The molecule has 0 saturated carbocycles. The number of nitrogens with one attached hydrogen (secondary N) is 2. The Morgan fingerprint density at radius 2 is 1.69 bits per heavy atom. The summed E-state index contributed by atoms with van der Waals surface area (Å²) in [6.07, 6.45) is 21.0. The highest BCUT2D eigenvalue weighted by atomic mass is 15.2. The van der Waals surface area contributed by atoms with E-state index in [4.69, 9.17) is 9.97 Å². The van der Waals surface area contributed by atoms with Gasteiger partial charge in [0.1, 0.15) is 0 Å². The molecule has 6 nitrogen and oxygen atoms in total. The van der Waals surface area contributed by atoms with E-state index in [1.807, 2.05) is 12.4 Å². The Hall–Kier alpha value is -4.05. The third-order valence-electron chi connectivity index (χ3n) is 6.88. The highest BCUT2D eigenvalue weighted by molar-refractivity contribution is 5.89. The zero-order valence-electron chi connectivity index (χ0n) is 23.4. The quantitative estimate of drug-likeness (QED) is 0.216. The maximum Gasteiger partial charge on any atom is 0.0932 e. The molecule has 1 aliphatic heterocycles. The highest BCUT2D eigenvalue weighted by Gasteiger charge is 2.21. The van der Waals surface area contributed by atoms with Crippen LogP contribution in [0.2, 0.25) is 0 Å². The predicted octanol–water partition coefficient (Wildman–Crippen LogP) is 6.49. The molecule has 2 unspecified atom stereocenters. The van der Waals surface area contributed by atoms with Crippen LogP contribution in [0.5, 0.6) is 0 Å². The lowest BCUT2D eigenvalue weighted by Crippen LogP contribution is -2.53. The van der Waals surface area contributed by atoms with Crippen molar-refractivity contribution in [2.45, 2.75) is 52.7 Å². The van der Waals surface area contributed by atoms with Gasteiger partial charge in [0, 0.05) is 66.2 Å². The fourth-order valence-corrected chi connectivity index (χ4v) is 5.17. The van der Waals surface area contributed by atoms with Crippen molar-refractivity contribution in [3.05, 3.63) is 84.7 Å². The lowest BCUT2D eigenvalue weighted by molar-refractivity contribution is 0.165. The third-order valence-corrected chi connectivity index (χ3v) is 6.88. The van der Waals surface area contributed by atoms with Crippen LogP contribution >= 0.6 is 0 Å². The first-order valence-corrected chi connectivity index (χ1v) is 13.5. The number of aromatic amines is 1. The molecule has 4 aromatic rings. The van der Waals surface area contributed by atoms with Gasteiger partial charge in [-0.3, -0.25) is 14.9 Å². The van der Waals surface area contributed by atoms with Crippen LogP contribution in [0.3, 0.4) is 0 Å². The summed E-state index contributed by atoms with van der Waals surface area (Å²) in [5.74, 6) is 0. The van der Waals surface area contributed by atoms with Crippen LogP contribution in [0.4, 0.5) is 0 Å². The number of pyridine rings is 2. The van der Waals surface area contributed by atoms with Gasteiger partial charge in [0.05, 0.1) is 28.9 Å². The summed E-state index contributed by atoms with van der Waals surface area (Å²) in [6.45, 7) is 11.7. The molecule has 1 aliphatic rings. The van der Waals surface area contributed by atoms with Crippen LogP contribution in [0, 0.1) is 12.8 Å². The van der Waals surface area contributed by atoms with E-state index < -0.39 is 0 Å². The molecule has 0 spiro atoms. The van der Waals surface area contributed by atoms with Crippen molar-refractivity contribution < 1.29 is 0 Å². The van der Waals surface area contributed by atoms with E-state index in [1.165, 1.54) is 0 Å². The Labute approximate surface area is 232 Å². The number of aromatic nitrogens is 4. The molecule has 1 fully saturated rings. The Morgan fingerprint density at radius 1 is 0.974 bits per heavy atom. The molecule has 200 valence electrons. The highest BCUT2D eigenvalue weighted by Crippen LogP contribution is 2.30. The number of fused-ring (bicyclic) bond motifs is 1. The van der Waals surface area contributed by atoms with Gasteiger partial charge in [-0.2, -0.15) is 0 Å². The number of imidazole rings is 1. The van der Waals surface area contributed by atoms with Gasteiger partial charge < -0.3 is 10.3 Å². The molecule has 0 radical (unpaired) electrons. The molecule has 4 heterocycles. The number of hydrogen-bond donors (Lipinski definition) is 2. The summed E-state index contributed by atoms with van der Waals surface area (Å²) in [5, 5.41) is 4.69. The van der Waals surface area contributed by atoms with Gasteiger partial charge in [-0.1, -0.05) is 37.3 Å². The third kappa shape index (κ3) is 6.88. The van der Waals surface area contributed by atoms with Crippen molar-refractivity contribution in [1.82, 2.24) is 30.2 Å². The SMILES string of the molecule is C#C.CC/C=C\C=C(/C)c1nc[nH]c1-c1ccc2ncc(-c3ccc(CN4CC(C)NC(C)C4)nc3)cc2c1. The van der Waals surface area contributed by atoms with E-state index in [2.05, 4.69) is 115 Å². The molecular weight excluding hydrogens is 480 g/mol. The van der Waals surface area contributed by atoms with Gasteiger partial charge >= 0.3 is 0 Å². The van der Waals surface area contributed by atoms with E-state index in [1.54, 1.807) is 6.33 Å². The fourth-order valence-electron chi connectivity index (χ4n) is 5.17. The Bertz CT molecular complexity index is 1450. The summed E-state index contributed by atoms with van der Waals surface area (Å²) in [4.78, 5) is 19.9. The van der Waals surface area contributed by atoms with Crippen molar-refractivity contribution in [3.63, 3.8) is 0 Å². The standard InChI is InChI=1S/C31H36N6.C2H2/c1-5-6-7-8-21(2)30-31(35-20-34-30)24-10-12-29-26(13-24)14-27(16-33-29)25-9-11-28(32-15-25)19-37-17-22(3)36-23(4)18-37;1-2/h6-16,20,22-23,36H,5,17-19H2,1-4H3,(H,34,35);1-2H/b7-6-,21-8+;. The van der Waals surface area contributed by atoms with Crippen molar-refractivity contribution in [3.8, 4) is 35.2 Å². The summed E-state index contributed by atoms with van der Waals surface area (Å²) in [5.41, 5.74) is 8.44. The summed E-state index contributed by atoms with van der Waals surface area (Å²) in [6, 6.07) is 13.9. The molecule has 5 rings (SSSR count). The average molecular weight is 519 g/mol. The van der Waals surface area contributed by atoms with Crippen LogP contribution < -0.4 is 5.32 Å². The topological polar surface area (TPSA) is 69.7 Å². The van der Waals surface area contributed by atoms with Crippen LogP contribution in [0.1, 0.15) is 45.5 Å². The molecular formula is C33H38N6. The van der Waals surface area contributed by atoms with Crippen molar-refractivity contribution >= 4 is 16.5 Å². The number of allylic oxidation sites excluding steroid dienone is 4. The van der Waals surface area contributed by atoms with Crippen molar-refractivity contribution in [2.24, 2.45) is 0 Å². The number of nitrogens with zero attached hydrogens (tertiary/aromatic N) is 4. The molecule has 2 atom stereocenters. The summed E-state index contributed by atoms with van der Waals surface area (Å²) < 4.78 is 0. The first-order valence-electron chi connectivity index (χ1n) is 13.5. The van der Waals surface area contributed by atoms with E-state index in [0.717, 1.165) is 76.3 Å². The first kappa shape index (κ1) is 28.0. The molecule has 39 heavy (non-hydrogen) atoms. The van der Waals surface area contributed by atoms with Crippen LogP contribution in [-0.4, -0.2) is 50.0 Å². The van der Waals surface area contributed by atoms with Gasteiger partial charge in [0.2, 0.25) is 0 Å². The van der Waals surface area contributed by atoms with E-state index >= 15 is 0 Å². The fraction of sp³-hybridized carbons (Fsp3) is 0.303. The Kier molecular flexibility index (Phi) is 9.43. The van der Waals surface area contributed by atoms with Gasteiger partial charge in [0.25, 0.3) is 0 Å². The van der Waals surface area contributed by atoms with E-state index in [-0.39, 0.29) is 0 Å². The number of terminal acetylenes is 1. The second-order valence-electron chi connectivity index (χ2n) is 10.1. The minimum atomic E-state index is 0.507. The minimum absolute atomic E-state index is 0.507. The number of benzene rings is 1. The first-order chi connectivity index (χ1) is 19.0. The normalized spacial score (nSPS) is 18.3. The van der Waals surface area contributed by atoms with Gasteiger partial charge in [-0.25, -0.2) is 4.98 Å². The smallest absolute Gasteiger partial charge is 0.0932 e. The largest absolute Gasteiger partial charge is 0.344 e. The lowest BCUT2D eigenvalue weighted by atomic mass is 10.0. The second kappa shape index (κ2) is 13.1. The number of hydrogen-bond acceptors (Lipinski definition) is 5. The van der Waals surface area contributed by atoms with Crippen LogP contribution in [0.15, 0.2) is 73.3 Å². The Morgan fingerprint density at radius 3 is 2.41 bits per heavy atom. The van der Waals surface area contributed by atoms with Crippen LogP contribution in [0.25, 0.3) is 38.9 Å². The maximum absolute atomic E-state index is 4.78. The van der Waals surface area contributed by atoms with Gasteiger partial charge in [0.15, 0.2) is 0 Å². The number of H-pyrrole nitrogens is 1. The molecule has 3 aromatic heterocycles. The zero-order chi connectivity index (χ0) is 27.8. The average Bonchev–Trinajstić information content (AvgIpc) is 3.44. The minimum Gasteiger partial charge on any atom is -0.344 e. The summed E-state index contributed by atoms with van der Waals surface area (Å²) in [7, 11) is 0. The molecule has 6 heteroatoms. The number of piperazine rings is 1.